The molecule has 0 aromatic carbocycles. The number of aromatic nitrogens is 3. The molecule has 0 amide bonds. The van der Waals surface area contributed by atoms with Gasteiger partial charge in [-0.25, -0.2) is 4.98 Å². The molecule has 0 bridgehead atoms. The minimum atomic E-state index is 0.103. The van der Waals surface area contributed by atoms with E-state index < -0.39 is 0 Å². The van der Waals surface area contributed by atoms with Crippen molar-refractivity contribution in [2.24, 2.45) is 0 Å². The maximum absolute atomic E-state index is 5.93. The van der Waals surface area contributed by atoms with Gasteiger partial charge in [0.1, 0.15) is 10.8 Å². The van der Waals surface area contributed by atoms with Gasteiger partial charge in [-0.1, -0.05) is 23.4 Å². The fraction of sp³-hybridized carbons (Fsp3) is 0.111. The lowest BCUT2D eigenvalue weighted by Crippen LogP contribution is -1.85. The zero-order valence-corrected chi connectivity index (χ0v) is 9.58. The first kappa shape index (κ1) is 10.6. The molecule has 0 fully saturated rings. The van der Waals surface area contributed by atoms with Gasteiger partial charge in [-0.2, -0.15) is 4.98 Å². The van der Waals surface area contributed by atoms with Crippen LogP contribution in [0.25, 0.3) is 11.0 Å². The summed E-state index contributed by atoms with van der Waals surface area (Å²) >= 11 is 17.1. The normalized spacial score (nSPS) is 10.1. The molecule has 0 aliphatic rings. The smallest absolute Gasteiger partial charge is 0.225 e. The van der Waals surface area contributed by atoms with E-state index in [1.165, 1.54) is 0 Å². The molecule has 2 aromatic rings. The number of aromatic amines is 1. The molecule has 0 atom stereocenters. The van der Waals surface area contributed by atoms with Crippen LogP contribution >= 0.6 is 34.8 Å². The lowest BCUT2D eigenvalue weighted by atomic mass is 10.2. The summed E-state index contributed by atoms with van der Waals surface area (Å²) in [4.78, 5) is 10.7. The summed E-state index contributed by atoms with van der Waals surface area (Å²) in [6.45, 7) is 0. The number of nitrogens with one attached hydrogen (secondary N) is 1. The summed E-state index contributed by atoms with van der Waals surface area (Å²) in [7, 11) is 0. The Morgan fingerprint density at radius 1 is 1.33 bits per heavy atom. The summed E-state index contributed by atoms with van der Waals surface area (Å²) in [5.74, 6) is 5.85. The van der Waals surface area contributed by atoms with Gasteiger partial charge in [-0.05, 0) is 11.6 Å². The van der Waals surface area contributed by atoms with E-state index >= 15 is 0 Å². The van der Waals surface area contributed by atoms with E-state index in [1.807, 2.05) is 0 Å². The monoisotopic (exact) mass is 259 g/mol. The van der Waals surface area contributed by atoms with Gasteiger partial charge in [0.25, 0.3) is 0 Å². The minimum Gasteiger partial charge on any atom is -0.345 e. The zero-order chi connectivity index (χ0) is 10.8. The van der Waals surface area contributed by atoms with Gasteiger partial charge in [0.15, 0.2) is 0 Å². The van der Waals surface area contributed by atoms with Crippen LogP contribution in [0.2, 0.25) is 10.4 Å². The minimum absolute atomic E-state index is 0.103. The maximum Gasteiger partial charge on any atom is 0.225 e. The first-order chi connectivity index (χ1) is 7.22. The van der Waals surface area contributed by atoms with Crippen LogP contribution < -0.4 is 0 Å². The SMILES string of the molecule is ClCC#Cc1c[nH]c2nc(Cl)nc(Cl)c12. The van der Waals surface area contributed by atoms with Gasteiger partial charge in [-0.3, -0.25) is 0 Å². The quantitative estimate of drug-likeness (QED) is 0.342. The predicted molar refractivity (Wildman–Crippen MR) is 61.5 cm³/mol. The van der Waals surface area contributed by atoms with Crippen molar-refractivity contribution in [2.75, 3.05) is 5.88 Å². The van der Waals surface area contributed by atoms with Gasteiger partial charge in [0.2, 0.25) is 5.28 Å². The zero-order valence-electron chi connectivity index (χ0n) is 7.31. The molecule has 2 heterocycles. The number of rotatable bonds is 0. The Labute approximate surface area is 101 Å². The van der Waals surface area contributed by atoms with Crippen LogP contribution in [0, 0.1) is 11.8 Å². The average Bonchev–Trinajstić information content (AvgIpc) is 2.58. The molecule has 0 aliphatic heterocycles. The van der Waals surface area contributed by atoms with Crippen molar-refractivity contribution in [3.05, 3.63) is 22.2 Å². The van der Waals surface area contributed by atoms with Crippen molar-refractivity contribution in [3.63, 3.8) is 0 Å². The number of alkyl halides is 1. The summed E-state index contributed by atoms with van der Waals surface area (Å²) < 4.78 is 0. The summed E-state index contributed by atoms with van der Waals surface area (Å²) in [5, 5.41) is 1.05. The second kappa shape index (κ2) is 4.28. The van der Waals surface area contributed by atoms with Gasteiger partial charge in [0.05, 0.1) is 16.8 Å². The lowest BCUT2D eigenvalue weighted by Gasteiger charge is -1.94. The highest BCUT2D eigenvalue weighted by Gasteiger charge is 2.09. The van der Waals surface area contributed by atoms with Crippen molar-refractivity contribution >= 4 is 45.8 Å². The molecule has 0 spiro atoms. The van der Waals surface area contributed by atoms with E-state index in [0.29, 0.717) is 16.6 Å². The van der Waals surface area contributed by atoms with Crippen molar-refractivity contribution in [2.45, 2.75) is 0 Å². The highest BCUT2D eigenvalue weighted by atomic mass is 35.5. The Morgan fingerprint density at radius 3 is 2.87 bits per heavy atom. The molecule has 3 nitrogen and oxygen atoms in total. The average molecular weight is 261 g/mol. The van der Waals surface area contributed by atoms with Crippen LogP contribution in [-0.4, -0.2) is 20.8 Å². The molecule has 0 saturated carbocycles. The number of hydrogen-bond acceptors (Lipinski definition) is 2. The Hall–Kier alpha value is -0.950. The highest BCUT2D eigenvalue weighted by molar-refractivity contribution is 6.36. The third-order valence-electron chi connectivity index (χ3n) is 1.75. The topological polar surface area (TPSA) is 41.6 Å². The number of halogens is 3. The molecule has 0 aliphatic carbocycles. The van der Waals surface area contributed by atoms with Crippen molar-refractivity contribution < 1.29 is 0 Å². The second-order valence-corrected chi connectivity index (χ2v) is 3.61. The first-order valence-electron chi connectivity index (χ1n) is 3.97. The highest BCUT2D eigenvalue weighted by Crippen LogP contribution is 2.24. The molecule has 1 N–H and O–H groups in total. The Bertz CT molecular complexity index is 565. The number of nitrogens with zero attached hydrogens (tertiary/aromatic N) is 2. The Balaban J connectivity index is 2.69. The molecule has 0 saturated heterocycles. The fourth-order valence-corrected chi connectivity index (χ4v) is 1.74. The standard InChI is InChI=1S/C9H4Cl3N3/c10-3-1-2-5-4-13-8-6(5)7(11)14-9(12)15-8/h4H,3H2,(H,13,14,15). The van der Waals surface area contributed by atoms with Crippen LogP contribution in [0.1, 0.15) is 5.56 Å². The van der Waals surface area contributed by atoms with Crippen LogP contribution in [0.3, 0.4) is 0 Å². The summed E-state index contributed by atoms with van der Waals surface area (Å²) in [6, 6.07) is 0. The van der Waals surface area contributed by atoms with Crippen LogP contribution in [0.5, 0.6) is 0 Å². The molecular formula is C9H4Cl3N3. The van der Waals surface area contributed by atoms with Crippen molar-refractivity contribution in [1.82, 2.24) is 15.0 Å². The fourth-order valence-electron chi connectivity index (χ4n) is 1.19. The van der Waals surface area contributed by atoms with Gasteiger partial charge in [0, 0.05) is 6.20 Å². The van der Waals surface area contributed by atoms with E-state index in [4.69, 9.17) is 34.8 Å². The van der Waals surface area contributed by atoms with E-state index in [2.05, 4.69) is 26.8 Å². The number of fused-ring (bicyclic) bond motifs is 1. The second-order valence-electron chi connectivity index (χ2n) is 2.64. The van der Waals surface area contributed by atoms with Crippen molar-refractivity contribution in [3.8, 4) is 11.8 Å². The molecular weight excluding hydrogens is 256 g/mol. The van der Waals surface area contributed by atoms with Crippen LogP contribution in [0.4, 0.5) is 0 Å². The molecule has 76 valence electrons. The molecule has 0 radical (unpaired) electrons. The van der Waals surface area contributed by atoms with E-state index in [-0.39, 0.29) is 16.3 Å². The summed E-state index contributed by atoms with van der Waals surface area (Å²) in [5.41, 5.74) is 1.28. The molecule has 0 unspecified atom stereocenters. The van der Waals surface area contributed by atoms with Gasteiger partial charge < -0.3 is 4.98 Å². The molecule has 2 aromatic heterocycles. The summed E-state index contributed by atoms with van der Waals surface area (Å²) in [6.07, 6.45) is 1.70. The first-order valence-corrected chi connectivity index (χ1v) is 5.26. The lowest BCUT2D eigenvalue weighted by molar-refractivity contribution is 1.20. The third-order valence-corrected chi connectivity index (χ3v) is 2.33. The van der Waals surface area contributed by atoms with Gasteiger partial charge >= 0.3 is 0 Å². The van der Waals surface area contributed by atoms with E-state index in [9.17, 15) is 0 Å². The largest absolute Gasteiger partial charge is 0.345 e. The van der Waals surface area contributed by atoms with Crippen LogP contribution in [-0.2, 0) is 0 Å². The van der Waals surface area contributed by atoms with Gasteiger partial charge in [-0.15, -0.1) is 11.6 Å². The van der Waals surface area contributed by atoms with Crippen LogP contribution in [0.15, 0.2) is 6.20 Å². The van der Waals surface area contributed by atoms with E-state index in [1.54, 1.807) is 6.20 Å². The number of hydrogen-bond donors (Lipinski definition) is 1. The Kier molecular flexibility index (Phi) is 3.01. The van der Waals surface area contributed by atoms with Crippen molar-refractivity contribution in [1.29, 1.82) is 0 Å². The van der Waals surface area contributed by atoms with E-state index in [0.717, 1.165) is 0 Å². The molecule has 2 rings (SSSR count). The third kappa shape index (κ3) is 2.03. The number of H-pyrrole nitrogens is 1. The molecule has 6 heteroatoms. The molecule has 15 heavy (non-hydrogen) atoms. The maximum atomic E-state index is 5.93. The Morgan fingerprint density at radius 2 is 2.13 bits per heavy atom. The predicted octanol–water partition coefficient (Wildman–Crippen LogP) is 2.86.